The summed E-state index contributed by atoms with van der Waals surface area (Å²) in [7, 11) is 1.54. The second-order valence-electron chi connectivity index (χ2n) is 9.69. The number of para-hydroxylation sites is 1. The number of Topliss-reactive ketones (excluding diaryl/α,β-unsaturated/α-hetero) is 1. The van der Waals surface area contributed by atoms with Crippen LogP contribution in [0.1, 0.15) is 64.7 Å². The number of rotatable bonds is 12. The summed E-state index contributed by atoms with van der Waals surface area (Å²) in [5, 5.41) is 7.60. The summed E-state index contributed by atoms with van der Waals surface area (Å²) in [6.07, 6.45) is 0.521. The molecule has 3 atom stereocenters. The van der Waals surface area contributed by atoms with Crippen molar-refractivity contribution in [3.63, 3.8) is 0 Å². The molecular weight excluding hydrogens is 504 g/mol. The van der Waals surface area contributed by atoms with Crippen LogP contribution in [0.3, 0.4) is 0 Å². The highest BCUT2D eigenvalue weighted by Crippen LogP contribution is 2.24. The highest BCUT2D eigenvalue weighted by molar-refractivity contribution is 7.81. The van der Waals surface area contributed by atoms with Crippen molar-refractivity contribution in [2.75, 3.05) is 18.9 Å². The summed E-state index contributed by atoms with van der Waals surface area (Å²) < 4.78 is 0. The molecule has 0 aliphatic carbocycles. The van der Waals surface area contributed by atoms with Crippen LogP contribution in [0, 0.1) is 5.92 Å². The number of thiol groups is 1. The van der Waals surface area contributed by atoms with E-state index in [9.17, 15) is 24.0 Å². The first-order chi connectivity index (χ1) is 18.0. The normalized spacial score (nSPS) is 15.1. The van der Waals surface area contributed by atoms with E-state index in [0.29, 0.717) is 28.8 Å². The third-order valence-corrected chi connectivity index (χ3v) is 6.84. The maximum atomic E-state index is 13.6. The second kappa shape index (κ2) is 12.7. The van der Waals surface area contributed by atoms with E-state index in [-0.39, 0.29) is 30.6 Å². The summed E-state index contributed by atoms with van der Waals surface area (Å²) in [6, 6.07) is 12.0. The van der Waals surface area contributed by atoms with Gasteiger partial charge in [-0.1, -0.05) is 38.1 Å². The molecular formula is C28H34N4O5S. The number of fused-ring (bicyclic) bond motifs is 1. The highest BCUT2D eigenvalue weighted by Gasteiger charge is 2.35. The van der Waals surface area contributed by atoms with Gasteiger partial charge in [-0.25, -0.2) is 0 Å². The first-order valence-corrected chi connectivity index (χ1v) is 13.1. The van der Waals surface area contributed by atoms with Gasteiger partial charge in [-0.2, -0.15) is 12.6 Å². The van der Waals surface area contributed by atoms with Crippen molar-refractivity contribution in [2.24, 2.45) is 5.92 Å². The number of amides is 4. The van der Waals surface area contributed by atoms with Gasteiger partial charge < -0.3 is 16.0 Å². The zero-order chi connectivity index (χ0) is 28.0. The monoisotopic (exact) mass is 538 g/mol. The molecule has 38 heavy (non-hydrogen) atoms. The molecule has 3 rings (SSSR count). The van der Waals surface area contributed by atoms with Gasteiger partial charge in [0.15, 0.2) is 5.78 Å². The van der Waals surface area contributed by atoms with Crippen LogP contribution in [0.5, 0.6) is 0 Å². The Balaban J connectivity index is 1.69. The number of nitrogens with one attached hydrogen (secondary N) is 3. The van der Waals surface area contributed by atoms with Crippen molar-refractivity contribution in [3.8, 4) is 0 Å². The zero-order valence-electron chi connectivity index (χ0n) is 22.0. The fraction of sp³-hybridized carbons (Fsp3) is 0.393. The molecule has 9 nitrogen and oxygen atoms in total. The van der Waals surface area contributed by atoms with Crippen LogP contribution >= 0.6 is 12.6 Å². The standard InChI is InChI=1S/C28H34N4O5S/c1-16(2)15-22(24(33)20-11-7-8-12-21(20)30-17(3)25(34)29-4)31-26(35)23(38)13-14-32-27(36)18-9-5-6-10-19(18)28(32)37/h5-12,16-17,22-23,30,38H,13-15H2,1-4H3,(H,29,34)(H,31,35)/t17?,22-,23?/m0/s1. The van der Waals surface area contributed by atoms with E-state index >= 15 is 0 Å². The molecule has 0 saturated heterocycles. The highest BCUT2D eigenvalue weighted by atomic mass is 32.1. The zero-order valence-corrected chi connectivity index (χ0v) is 22.9. The minimum Gasteiger partial charge on any atom is -0.373 e. The van der Waals surface area contributed by atoms with Crippen molar-refractivity contribution < 1.29 is 24.0 Å². The van der Waals surface area contributed by atoms with E-state index in [0.717, 1.165) is 4.90 Å². The Hall–Kier alpha value is -3.66. The summed E-state index contributed by atoms with van der Waals surface area (Å²) in [5.74, 6) is -1.67. The van der Waals surface area contributed by atoms with E-state index in [1.54, 1.807) is 55.5 Å². The summed E-state index contributed by atoms with van der Waals surface area (Å²) in [4.78, 5) is 65.0. The Kier molecular flexibility index (Phi) is 9.68. The van der Waals surface area contributed by atoms with Gasteiger partial charge >= 0.3 is 0 Å². The largest absolute Gasteiger partial charge is 0.373 e. The van der Waals surface area contributed by atoms with Gasteiger partial charge in [0, 0.05) is 24.8 Å². The molecule has 202 valence electrons. The summed E-state index contributed by atoms with van der Waals surface area (Å²) in [6.45, 7) is 5.61. The Morgan fingerprint density at radius 2 is 1.47 bits per heavy atom. The maximum absolute atomic E-state index is 13.6. The number of hydrogen-bond acceptors (Lipinski definition) is 7. The Labute approximate surface area is 228 Å². The Bertz CT molecular complexity index is 1200. The molecule has 1 aliphatic rings. The fourth-order valence-corrected chi connectivity index (χ4v) is 4.51. The van der Waals surface area contributed by atoms with Gasteiger partial charge in [0.05, 0.1) is 22.4 Å². The molecule has 0 radical (unpaired) electrons. The maximum Gasteiger partial charge on any atom is 0.261 e. The number of likely N-dealkylation sites (N-methyl/N-ethyl adjacent to an activating group) is 1. The van der Waals surface area contributed by atoms with Crippen molar-refractivity contribution in [3.05, 3.63) is 65.2 Å². The lowest BCUT2D eigenvalue weighted by atomic mass is 9.94. The predicted molar refractivity (Wildman–Crippen MR) is 149 cm³/mol. The quantitative estimate of drug-likeness (QED) is 0.187. The Morgan fingerprint density at radius 3 is 2.05 bits per heavy atom. The minimum absolute atomic E-state index is 0.0286. The molecule has 2 aromatic rings. The summed E-state index contributed by atoms with van der Waals surface area (Å²) in [5.41, 5.74) is 1.54. The molecule has 1 heterocycles. The number of imide groups is 1. The van der Waals surface area contributed by atoms with E-state index in [4.69, 9.17) is 0 Å². The van der Waals surface area contributed by atoms with E-state index < -0.39 is 35.1 Å². The molecule has 0 aromatic heterocycles. The lowest BCUT2D eigenvalue weighted by molar-refractivity contribution is -0.121. The molecule has 0 spiro atoms. The van der Waals surface area contributed by atoms with Crippen LogP contribution in [0.25, 0.3) is 0 Å². The number of ketones is 1. The number of benzene rings is 2. The molecule has 4 amide bonds. The van der Waals surface area contributed by atoms with Crippen LogP contribution < -0.4 is 16.0 Å². The summed E-state index contributed by atoms with van der Waals surface area (Å²) >= 11 is 4.41. The molecule has 0 fully saturated rings. The molecule has 1 aliphatic heterocycles. The van der Waals surface area contributed by atoms with Gasteiger partial charge in [-0.05, 0) is 49.9 Å². The Morgan fingerprint density at radius 1 is 0.895 bits per heavy atom. The van der Waals surface area contributed by atoms with Crippen LogP contribution in [0.2, 0.25) is 0 Å². The molecule has 0 bridgehead atoms. The van der Waals surface area contributed by atoms with Crippen molar-refractivity contribution in [1.29, 1.82) is 0 Å². The lowest BCUT2D eigenvalue weighted by Gasteiger charge is -2.24. The van der Waals surface area contributed by atoms with Gasteiger partial charge in [0.25, 0.3) is 11.8 Å². The predicted octanol–water partition coefficient (Wildman–Crippen LogP) is 2.93. The molecule has 10 heteroatoms. The smallest absolute Gasteiger partial charge is 0.261 e. The number of carbonyl (C=O) groups excluding carboxylic acids is 5. The van der Waals surface area contributed by atoms with Crippen LogP contribution in [0.15, 0.2) is 48.5 Å². The van der Waals surface area contributed by atoms with Crippen molar-refractivity contribution >= 4 is 47.7 Å². The van der Waals surface area contributed by atoms with Crippen LogP contribution in [-0.4, -0.2) is 65.2 Å². The number of anilines is 1. The molecule has 2 aromatic carbocycles. The lowest BCUT2D eigenvalue weighted by Crippen LogP contribution is -2.46. The van der Waals surface area contributed by atoms with E-state index in [1.165, 1.54) is 7.05 Å². The minimum atomic E-state index is -0.844. The average molecular weight is 539 g/mol. The molecule has 2 unspecified atom stereocenters. The second-order valence-corrected chi connectivity index (χ2v) is 10.3. The average Bonchev–Trinajstić information content (AvgIpc) is 3.15. The first-order valence-electron chi connectivity index (χ1n) is 12.6. The molecule has 3 N–H and O–H groups in total. The topological polar surface area (TPSA) is 125 Å². The molecule has 0 saturated carbocycles. The third kappa shape index (κ3) is 6.61. The number of carbonyl (C=O) groups is 5. The van der Waals surface area contributed by atoms with E-state index in [1.807, 2.05) is 13.8 Å². The third-order valence-electron chi connectivity index (χ3n) is 6.35. The van der Waals surface area contributed by atoms with Gasteiger partial charge in [-0.3, -0.25) is 28.9 Å². The van der Waals surface area contributed by atoms with Gasteiger partial charge in [-0.15, -0.1) is 0 Å². The van der Waals surface area contributed by atoms with Gasteiger partial charge in [0.1, 0.15) is 6.04 Å². The van der Waals surface area contributed by atoms with Crippen molar-refractivity contribution in [2.45, 2.75) is 50.9 Å². The SMILES string of the molecule is CNC(=O)C(C)Nc1ccccc1C(=O)[C@H](CC(C)C)NC(=O)C(S)CCN1C(=O)c2ccccc2C1=O. The van der Waals surface area contributed by atoms with Gasteiger partial charge in [0.2, 0.25) is 11.8 Å². The van der Waals surface area contributed by atoms with E-state index in [2.05, 4.69) is 28.6 Å². The van der Waals surface area contributed by atoms with Crippen LogP contribution in [-0.2, 0) is 9.59 Å². The number of hydrogen-bond donors (Lipinski definition) is 4. The first kappa shape index (κ1) is 28.9. The fourth-order valence-electron chi connectivity index (χ4n) is 4.32. The van der Waals surface area contributed by atoms with Crippen LogP contribution in [0.4, 0.5) is 5.69 Å². The van der Waals surface area contributed by atoms with Crippen molar-refractivity contribution in [1.82, 2.24) is 15.5 Å². The number of nitrogens with zero attached hydrogens (tertiary/aromatic N) is 1.